The van der Waals surface area contributed by atoms with E-state index in [1.165, 1.54) is 0 Å². The molecule has 1 fully saturated rings. The third-order valence-electron chi connectivity index (χ3n) is 9.73. The number of alkyl carbamates (subject to hydrolysis) is 1. The summed E-state index contributed by atoms with van der Waals surface area (Å²) in [6.45, 7) is 12.9. The number of anilines is 3. The lowest BCUT2D eigenvalue weighted by molar-refractivity contribution is 0.0497. The molecule has 1 amide bonds. The number of pyridine rings is 1. The molecule has 298 valence electrons. The third kappa shape index (κ3) is 9.96. The second-order valence-corrected chi connectivity index (χ2v) is 15.2. The number of carbonyl (C=O) groups excluding carboxylic acids is 1. The number of fused-ring (bicyclic) bond motifs is 1. The molecule has 0 aliphatic carbocycles. The lowest BCUT2D eigenvalue weighted by Crippen LogP contribution is -2.46. The van der Waals surface area contributed by atoms with E-state index in [0.29, 0.717) is 48.3 Å². The molecule has 6 rings (SSSR count). The van der Waals surface area contributed by atoms with Crippen LogP contribution in [0.15, 0.2) is 67.0 Å². The van der Waals surface area contributed by atoms with Crippen LogP contribution in [0.4, 0.5) is 22.4 Å². The van der Waals surface area contributed by atoms with Crippen LogP contribution in [0.1, 0.15) is 87.4 Å². The minimum Gasteiger partial charge on any atom is -0.497 e. The van der Waals surface area contributed by atoms with Gasteiger partial charge in [-0.15, -0.1) is 5.10 Å². The fourth-order valence-electron chi connectivity index (χ4n) is 6.79. The van der Waals surface area contributed by atoms with E-state index in [1.807, 2.05) is 82.3 Å². The van der Waals surface area contributed by atoms with Crippen molar-refractivity contribution in [3.63, 3.8) is 0 Å². The Bertz CT molecular complexity index is 2010. The maximum atomic E-state index is 12.3. The first kappa shape index (κ1) is 40.0. The van der Waals surface area contributed by atoms with Crippen LogP contribution in [0.5, 0.6) is 11.5 Å². The summed E-state index contributed by atoms with van der Waals surface area (Å²) in [5.41, 5.74) is 4.17. The summed E-state index contributed by atoms with van der Waals surface area (Å²) in [6, 6.07) is 18.0. The Morgan fingerprint density at radius 1 is 0.964 bits per heavy atom. The largest absolute Gasteiger partial charge is 0.497 e. The number of imidazole rings is 1. The topological polar surface area (TPSA) is 152 Å². The number of aliphatic hydroxyl groups is 1. The van der Waals surface area contributed by atoms with Gasteiger partial charge in [-0.2, -0.15) is 4.98 Å². The molecule has 3 N–H and O–H groups in total. The maximum Gasteiger partial charge on any atom is 0.407 e. The molecule has 14 heteroatoms. The van der Waals surface area contributed by atoms with Crippen LogP contribution < -0.4 is 29.9 Å². The number of aliphatic hydroxyl groups excluding tert-OH is 1. The van der Waals surface area contributed by atoms with Gasteiger partial charge in [-0.25, -0.2) is 19.3 Å². The first-order valence-electron chi connectivity index (χ1n) is 19.3. The summed E-state index contributed by atoms with van der Waals surface area (Å²) in [7, 11) is 3.31. The van der Waals surface area contributed by atoms with Crippen molar-refractivity contribution in [2.75, 3.05) is 49.0 Å². The number of amides is 1. The van der Waals surface area contributed by atoms with Crippen molar-refractivity contribution in [3.8, 4) is 11.5 Å². The molecule has 4 heterocycles. The number of aromatic nitrogens is 5. The summed E-state index contributed by atoms with van der Waals surface area (Å²) >= 11 is 0. The van der Waals surface area contributed by atoms with Crippen molar-refractivity contribution in [1.29, 1.82) is 0 Å². The molecule has 56 heavy (non-hydrogen) atoms. The number of unbranched alkanes of at least 4 members (excludes halogenated alkanes) is 1. The molecule has 0 bridgehead atoms. The number of hydrogen-bond acceptors (Lipinski definition) is 12. The van der Waals surface area contributed by atoms with Crippen molar-refractivity contribution in [3.05, 3.63) is 94.9 Å². The third-order valence-corrected chi connectivity index (χ3v) is 9.73. The summed E-state index contributed by atoms with van der Waals surface area (Å²) in [6.07, 6.45) is 5.46. The monoisotopic (exact) mass is 765 g/mol. The van der Waals surface area contributed by atoms with E-state index in [-0.39, 0.29) is 12.1 Å². The van der Waals surface area contributed by atoms with Gasteiger partial charge in [0, 0.05) is 50.5 Å². The molecule has 1 aliphatic rings. The zero-order valence-electron chi connectivity index (χ0n) is 33.6. The predicted molar refractivity (Wildman–Crippen MR) is 218 cm³/mol. The van der Waals surface area contributed by atoms with Gasteiger partial charge in [0.05, 0.1) is 26.1 Å². The predicted octanol–water partition coefficient (Wildman–Crippen LogP) is 6.84. The van der Waals surface area contributed by atoms with Crippen LogP contribution >= 0.6 is 0 Å². The molecule has 0 spiro atoms. The average Bonchev–Trinajstić information content (AvgIpc) is 3.61. The Hall–Kier alpha value is -5.63. The minimum atomic E-state index is -1.06. The number of methoxy groups -OCH3 is 2. The average molecular weight is 766 g/mol. The lowest BCUT2D eigenvalue weighted by Gasteiger charge is -2.34. The molecule has 1 atom stereocenters. The number of aryl methyl sites for hydroxylation is 1. The SMILES string of the molecule is CCCCNc1nc(N(Cc2ccc(OC)cc2)Cc2ccc(OC)cc2)c2ncc(C(O)c3cnc(N4CCC(NC(=O)OC(C)(C)C)CC4)c(C)c3)n2n1. The molecular formula is C42H55N9O5. The normalized spacial score (nSPS) is 14.0. The smallest absolute Gasteiger partial charge is 0.407 e. The number of piperidine rings is 1. The van der Waals surface area contributed by atoms with Crippen molar-refractivity contribution < 1.29 is 24.1 Å². The van der Waals surface area contributed by atoms with Gasteiger partial charge in [-0.3, -0.25) is 0 Å². The number of nitrogens with zero attached hydrogens (tertiary/aromatic N) is 7. The number of benzene rings is 2. The second-order valence-electron chi connectivity index (χ2n) is 15.2. The summed E-state index contributed by atoms with van der Waals surface area (Å²) in [5, 5.41) is 23.2. The number of hydrogen-bond donors (Lipinski definition) is 3. The van der Waals surface area contributed by atoms with Crippen LogP contribution in [0.3, 0.4) is 0 Å². The molecule has 14 nitrogen and oxygen atoms in total. The van der Waals surface area contributed by atoms with E-state index < -0.39 is 11.7 Å². The zero-order valence-corrected chi connectivity index (χ0v) is 33.6. The second kappa shape index (κ2) is 17.9. The van der Waals surface area contributed by atoms with Crippen LogP contribution in [0.25, 0.3) is 5.65 Å². The highest BCUT2D eigenvalue weighted by atomic mass is 16.6. The molecule has 0 radical (unpaired) electrons. The van der Waals surface area contributed by atoms with Gasteiger partial charge in [-0.1, -0.05) is 37.6 Å². The van der Waals surface area contributed by atoms with E-state index in [2.05, 4.69) is 27.4 Å². The van der Waals surface area contributed by atoms with Gasteiger partial charge in [0.2, 0.25) is 5.95 Å². The Labute approximate surface area is 329 Å². The summed E-state index contributed by atoms with van der Waals surface area (Å²) in [5.74, 6) is 3.48. The molecule has 5 aromatic rings. The van der Waals surface area contributed by atoms with E-state index >= 15 is 0 Å². The summed E-state index contributed by atoms with van der Waals surface area (Å²) < 4.78 is 18.0. The molecule has 0 saturated carbocycles. The van der Waals surface area contributed by atoms with Gasteiger partial charge in [0.15, 0.2) is 11.5 Å². The first-order chi connectivity index (χ1) is 26.9. The van der Waals surface area contributed by atoms with Gasteiger partial charge >= 0.3 is 6.09 Å². The molecule has 1 unspecified atom stereocenters. The van der Waals surface area contributed by atoms with Crippen molar-refractivity contribution in [1.82, 2.24) is 29.9 Å². The molecule has 3 aromatic heterocycles. The Morgan fingerprint density at radius 2 is 1.59 bits per heavy atom. The van der Waals surface area contributed by atoms with Gasteiger partial charge < -0.3 is 39.8 Å². The van der Waals surface area contributed by atoms with Crippen LogP contribution in [-0.4, -0.2) is 81.3 Å². The standard InChI is InChI=1S/C42H55N9O5/c1-8-9-20-43-40-47-39(50(26-29-10-14-33(54-6)15-11-29)27-30-12-16-34(55-7)17-13-30)38-45-25-35(51(38)48-40)36(52)31-23-28(2)37(44-24-31)49-21-18-32(19-22-49)46-41(53)56-42(3,4)5/h10-17,23-25,32,36,52H,8-9,18-22,26-27H2,1-7H3,(H,43,48)(H,46,53). The number of nitrogens with one attached hydrogen (secondary N) is 2. The lowest BCUT2D eigenvalue weighted by atomic mass is 10.0. The highest BCUT2D eigenvalue weighted by Crippen LogP contribution is 2.31. The molecule has 1 saturated heterocycles. The van der Waals surface area contributed by atoms with E-state index in [4.69, 9.17) is 34.3 Å². The Morgan fingerprint density at radius 3 is 2.14 bits per heavy atom. The molecule has 2 aromatic carbocycles. The number of carbonyl (C=O) groups is 1. The first-order valence-corrected chi connectivity index (χ1v) is 19.3. The van der Waals surface area contributed by atoms with Crippen LogP contribution in [0.2, 0.25) is 0 Å². The van der Waals surface area contributed by atoms with Crippen LogP contribution in [-0.2, 0) is 17.8 Å². The molecule has 1 aliphatic heterocycles. The number of rotatable bonds is 15. The maximum absolute atomic E-state index is 12.3. The minimum absolute atomic E-state index is 0.0363. The van der Waals surface area contributed by atoms with E-state index in [1.54, 1.807) is 31.1 Å². The van der Waals surface area contributed by atoms with Crippen molar-refractivity contribution in [2.45, 2.75) is 91.1 Å². The summed E-state index contributed by atoms with van der Waals surface area (Å²) in [4.78, 5) is 31.4. The molecular weight excluding hydrogens is 711 g/mol. The van der Waals surface area contributed by atoms with E-state index in [9.17, 15) is 9.90 Å². The van der Waals surface area contributed by atoms with Crippen molar-refractivity contribution >= 4 is 29.3 Å². The van der Waals surface area contributed by atoms with Gasteiger partial charge in [0.25, 0.3) is 0 Å². The highest BCUT2D eigenvalue weighted by molar-refractivity contribution is 5.68. The Kier molecular flexibility index (Phi) is 12.8. The zero-order chi connectivity index (χ0) is 39.8. The number of ether oxygens (including phenoxy) is 3. The van der Waals surface area contributed by atoms with Crippen LogP contribution in [0, 0.1) is 6.92 Å². The van der Waals surface area contributed by atoms with Crippen molar-refractivity contribution in [2.24, 2.45) is 0 Å². The van der Waals surface area contributed by atoms with Gasteiger partial charge in [-0.05, 0) is 94.0 Å². The highest BCUT2D eigenvalue weighted by Gasteiger charge is 2.27. The fraction of sp³-hybridized carbons (Fsp3) is 0.452. The van der Waals surface area contributed by atoms with E-state index in [0.717, 1.165) is 72.8 Å². The van der Waals surface area contributed by atoms with Gasteiger partial charge in [0.1, 0.15) is 29.0 Å². The quantitative estimate of drug-likeness (QED) is 0.0958. The Balaban J connectivity index is 1.28. The fourth-order valence-corrected chi connectivity index (χ4v) is 6.79.